The Morgan fingerprint density at radius 1 is 0.870 bits per heavy atom. The molecule has 1 aromatic heterocycles. The zero-order valence-corrected chi connectivity index (χ0v) is 10.8. The molecule has 0 unspecified atom stereocenters. The van der Waals surface area contributed by atoms with Gasteiger partial charge in [-0.25, -0.2) is 32.4 Å². The van der Waals surface area contributed by atoms with Gasteiger partial charge in [-0.1, -0.05) is 0 Å². The van der Waals surface area contributed by atoms with Crippen LogP contribution in [0.5, 0.6) is 0 Å². The third kappa shape index (κ3) is 2.55. The lowest BCUT2D eigenvalue weighted by Gasteiger charge is -2.10. The molecule has 0 saturated heterocycles. The SMILES string of the molecule is [C-]#[N+]c1c(F)c(F)c(-c2c(F)nc(CC#N)nc2F)c(F)c1F. The van der Waals surface area contributed by atoms with Crippen LogP contribution in [0.3, 0.4) is 0 Å². The van der Waals surface area contributed by atoms with E-state index < -0.39 is 64.2 Å². The Bertz CT molecular complexity index is 845. The molecule has 0 aliphatic rings. The molecule has 2 aromatic rings. The van der Waals surface area contributed by atoms with Gasteiger partial charge >= 0.3 is 0 Å². The number of nitrogens with zero attached hydrogens (tertiary/aromatic N) is 4. The summed E-state index contributed by atoms with van der Waals surface area (Å²) in [6.45, 7) is 6.46. The first kappa shape index (κ1) is 16.2. The van der Waals surface area contributed by atoms with Gasteiger partial charge in [-0.05, 0) is 0 Å². The summed E-state index contributed by atoms with van der Waals surface area (Å²) < 4.78 is 82.3. The number of benzene rings is 1. The highest BCUT2D eigenvalue weighted by molar-refractivity contribution is 5.68. The van der Waals surface area contributed by atoms with Crippen molar-refractivity contribution in [2.45, 2.75) is 6.42 Å². The molecule has 0 aliphatic carbocycles. The first-order chi connectivity index (χ1) is 10.8. The highest BCUT2D eigenvalue weighted by Crippen LogP contribution is 2.37. The summed E-state index contributed by atoms with van der Waals surface area (Å²) in [7, 11) is 0. The lowest BCUT2D eigenvalue weighted by Crippen LogP contribution is -2.08. The average molecular weight is 328 g/mol. The van der Waals surface area contributed by atoms with E-state index in [1.54, 1.807) is 0 Å². The minimum absolute atomic E-state index is 0.599. The molecule has 0 atom stereocenters. The predicted molar refractivity (Wildman–Crippen MR) is 62.8 cm³/mol. The summed E-state index contributed by atoms with van der Waals surface area (Å²) in [5.74, 6) is -12.8. The van der Waals surface area contributed by atoms with Crippen LogP contribution in [0.25, 0.3) is 16.0 Å². The van der Waals surface area contributed by atoms with Crippen LogP contribution in [0.1, 0.15) is 5.82 Å². The quantitative estimate of drug-likeness (QED) is 0.366. The van der Waals surface area contributed by atoms with Crippen molar-refractivity contribution < 1.29 is 26.3 Å². The third-order valence-electron chi connectivity index (χ3n) is 2.71. The smallest absolute Gasteiger partial charge is 0.232 e. The summed E-state index contributed by atoms with van der Waals surface area (Å²) in [4.78, 5) is 8.29. The Hall–Kier alpha value is -3.14. The van der Waals surface area contributed by atoms with Gasteiger partial charge in [-0.3, -0.25) is 0 Å². The molecule has 0 amide bonds. The number of rotatable bonds is 2. The van der Waals surface area contributed by atoms with E-state index in [1.165, 1.54) is 6.07 Å². The monoisotopic (exact) mass is 328 g/mol. The van der Waals surface area contributed by atoms with Gasteiger partial charge in [0.25, 0.3) is 5.69 Å². The van der Waals surface area contributed by atoms with Crippen molar-refractivity contribution in [1.29, 1.82) is 5.26 Å². The van der Waals surface area contributed by atoms with Crippen LogP contribution in [0.2, 0.25) is 0 Å². The summed E-state index contributed by atoms with van der Waals surface area (Å²) >= 11 is 0. The Balaban J connectivity index is 2.84. The second-order valence-electron chi connectivity index (χ2n) is 4.02. The molecule has 0 aliphatic heterocycles. The molecule has 116 valence electrons. The summed E-state index contributed by atoms with van der Waals surface area (Å²) in [6, 6.07) is 1.49. The van der Waals surface area contributed by atoms with E-state index >= 15 is 0 Å². The van der Waals surface area contributed by atoms with Crippen molar-refractivity contribution >= 4 is 5.69 Å². The minimum Gasteiger partial charge on any atom is -0.232 e. The molecule has 0 saturated carbocycles. The maximum Gasteiger partial charge on any atom is 0.262 e. The van der Waals surface area contributed by atoms with Gasteiger partial charge in [0.2, 0.25) is 11.9 Å². The first-order valence-corrected chi connectivity index (χ1v) is 5.66. The van der Waals surface area contributed by atoms with Crippen molar-refractivity contribution in [2.24, 2.45) is 0 Å². The molecule has 2 rings (SSSR count). The fourth-order valence-corrected chi connectivity index (χ4v) is 1.74. The molecule has 0 fully saturated rings. The number of aromatic nitrogens is 2. The van der Waals surface area contributed by atoms with E-state index in [2.05, 4.69) is 14.8 Å². The predicted octanol–water partition coefficient (Wildman–Crippen LogP) is 3.60. The summed E-state index contributed by atoms with van der Waals surface area (Å²) in [6.07, 6.45) is -0.599. The van der Waals surface area contributed by atoms with Crippen molar-refractivity contribution in [2.75, 3.05) is 0 Å². The second kappa shape index (κ2) is 5.93. The normalized spacial score (nSPS) is 10.3. The summed E-state index contributed by atoms with van der Waals surface area (Å²) in [5.41, 5.74) is -4.85. The van der Waals surface area contributed by atoms with E-state index in [0.717, 1.165) is 0 Å². The van der Waals surface area contributed by atoms with Crippen LogP contribution in [0, 0.1) is 53.1 Å². The molecule has 23 heavy (non-hydrogen) atoms. The lowest BCUT2D eigenvalue weighted by atomic mass is 10.0. The maximum absolute atomic E-state index is 13.8. The Kier molecular flexibility index (Phi) is 4.18. The average Bonchev–Trinajstić information content (AvgIpc) is 2.49. The zero-order valence-electron chi connectivity index (χ0n) is 10.8. The fourth-order valence-electron chi connectivity index (χ4n) is 1.74. The molecule has 0 spiro atoms. The molecular formula is C13H2F6N4. The molecular weight excluding hydrogens is 326 g/mol. The van der Waals surface area contributed by atoms with Crippen LogP contribution in [-0.2, 0) is 6.42 Å². The van der Waals surface area contributed by atoms with Gasteiger partial charge in [0.1, 0.15) is 5.82 Å². The number of hydrogen-bond acceptors (Lipinski definition) is 3. The van der Waals surface area contributed by atoms with Crippen LogP contribution >= 0.6 is 0 Å². The van der Waals surface area contributed by atoms with Crippen molar-refractivity contribution in [3.05, 3.63) is 52.4 Å². The topological polar surface area (TPSA) is 53.9 Å². The van der Waals surface area contributed by atoms with Crippen molar-refractivity contribution in [1.82, 2.24) is 9.97 Å². The molecule has 0 bridgehead atoms. The zero-order chi connectivity index (χ0) is 17.3. The van der Waals surface area contributed by atoms with E-state index in [0.29, 0.717) is 0 Å². The van der Waals surface area contributed by atoms with Crippen LogP contribution < -0.4 is 0 Å². The van der Waals surface area contributed by atoms with E-state index in [-0.39, 0.29) is 0 Å². The number of hydrogen-bond donors (Lipinski definition) is 0. The molecule has 0 N–H and O–H groups in total. The minimum atomic E-state index is -2.16. The highest BCUT2D eigenvalue weighted by atomic mass is 19.2. The lowest BCUT2D eigenvalue weighted by molar-refractivity contribution is 0.459. The van der Waals surface area contributed by atoms with Crippen LogP contribution in [-0.4, -0.2) is 9.97 Å². The number of halogens is 6. The van der Waals surface area contributed by atoms with Gasteiger partial charge in [0.15, 0.2) is 23.3 Å². The highest BCUT2D eigenvalue weighted by Gasteiger charge is 2.31. The molecule has 0 radical (unpaired) electrons. The standard InChI is InChI=1S/C13H2F6N4/c1-21-11-9(16)7(14)5(8(15)10(11)17)6-12(18)22-4(2-3-20)23-13(6)19/h2H2. The van der Waals surface area contributed by atoms with E-state index in [9.17, 15) is 26.3 Å². The van der Waals surface area contributed by atoms with Crippen LogP contribution in [0.4, 0.5) is 32.0 Å². The van der Waals surface area contributed by atoms with Gasteiger partial charge in [0, 0.05) is 0 Å². The Morgan fingerprint density at radius 3 is 1.74 bits per heavy atom. The summed E-state index contributed by atoms with van der Waals surface area (Å²) in [5, 5.41) is 8.38. The van der Waals surface area contributed by atoms with E-state index in [4.69, 9.17) is 11.8 Å². The van der Waals surface area contributed by atoms with Crippen LogP contribution in [0.15, 0.2) is 0 Å². The third-order valence-corrected chi connectivity index (χ3v) is 2.71. The Labute approximate surface area is 124 Å². The first-order valence-electron chi connectivity index (χ1n) is 5.66. The Morgan fingerprint density at radius 2 is 1.35 bits per heavy atom. The van der Waals surface area contributed by atoms with Gasteiger partial charge in [0.05, 0.1) is 30.2 Å². The fraction of sp³-hybridized carbons (Fsp3) is 0.0769. The molecule has 1 heterocycles. The second-order valence-corrected chi connectivity index (χ2v) is 4.02. The largest absolute Gasteiger partial charge is 0.262 e. The number of nitriles is 1. The van der Waals surface area contributed by atoms with Gasteiger partial charge in [-0.2, -0.15) is 14.0 Å². The molecule has 4 nitrogen and oxygen atoms in total. The van der Waals surface area contributed by atoms with Crippen molar-refractivity contribution in [3.8, 4) is 17.2 Å². The van der Waals surface area contributed by atoms with Gasteiger partial charge < -0.3 is 0 Å². The van der Waals surface area contributed by atoms with Gasteiger partial charge in [-0.15, -0.1) is 0 Å². The maximum atomic E-state index is 13.8. The molecule has 1 aromatic carbocycles. The van der Waals surface area contributed by atoms with E-state index in [1.807, 2.05) is 0 Å². The van der Waals surface area contributed by atoms with Crippen molar-refractivity contribution in [3.63, 3.8) is 0 Å². The molecule has 10 heteroatoms.